The Labute approximate surface area is 151 Å². The van der Waals surface area contributed by atoms with Gasteiger partial charge < -0.3 is 9.32 Å². The van der Waals surface area contributed by atoms with Crippen LogP contribution in [0, 0.1) is 0 Å². The number of furan rings is 1. The van der Waals surface area contributed by atoms with Crippen molar-refractivity contribution < 1.29 is 4.42 Å². The van der Waals surface area contributed by atoms with E-state index in [4.69, 9.17) is 4.42 Å². The molecule has 3 aromatic rings. The van der Waals surface area contributed by atoms with E-state index in [0.717, 1.165) is 11.2 Å². The molecule has 0 bridgehead atoms. The van der Waals surface area contributed by atoms with E-state index in [2.05, 4.69) is 83.8 Å². The molecule has 6 rings (SSSR count). The van der Waals surface area contributed by atoms with E-state index in [0.29, 0.717) is 0 Å². The van der Waals surface area contributed by atoms with E-state index in [9.17, 15) is 0 Å². The first kappa shape index (κ1) is 14.0. The van der Waals surface area contributed by atoms with Crippen LogP contribution in [-0.2, 0) is 0 Å². The Kier molecular flexibility index (Phi) is 2.75. The zero-order chi connectivity index (χ0) is 17.1. The number of hydrogen-bond donors (Lipinski definition) is 0. The maximum atomic E-state index is 6.00. The molecule has 0 fully saturated rings. The highest BCUT2D eigenvalue weighted by Crippen LogP contribution is 2.41. The summed E-state index contributed by atoms with van der Waals surface area (Å²) >= 11 is 0. The first-order valence-electron chi connectivity index (χ1n) is 9.04. The minimum absolute atomic E-state index is 0.281. The van der Waals surface area contributed by atoms with Crippen molar-refractivity contribution in [2.75, 3.05) is 4.90 Å². The van der Waals surface area contributed by atoms with Crippen LogP contribution in [0.5, 0.6) is 0 Å². The fourth-order valence-corrected chi connectivity index (χ4v) is 4.45. The van der Waals surface area contributed by atoms with Crippen molar-refractivity contribution in [1.82, 2.24) is 0 Å². The van der Waals surface area contributed by atoms with Gasteiger partial charge in [0.1, 0.15) is 11.2 Å². The van der Waals surface area contributed by atoms with Crippen molar-refractivity contribution in [2.45, 2.75) is 12.1 Å². The molecule has 0 amide bonds. The number of hydrogen-bond acceptors (Lipinski definition) is 2. The van der Waals surface area contributed by atoms with Gasteiger partial charge in [-0.3, -0.25) is 0 Å². The fourth-order valence-electron chi connectivity index (χ4n) is 4.45. The summed E-state index contributed by atoms with van der Waals surface area (Å²) in [7, 11) is 0. The molecule has 0 spiro atoms. The van der Waals surface area contributed by atoms with E-state index >= 15 is 0 Å². The Balaban J connectivity index is 1.55. The van der Waals surface area contributed by atoms with Crippen molar-refractivity contribution in [3.63, 3.8) is 0 Å². The highest BCUT2D eigenvalue weighted by Gasteiger charge is 2.37. The Morgan fingerprint density at radius 1 is 0.692 bits per heavy atom. The fraction of sp³-hybridized carbons (Fsp3) is 0.0833. The molecule has 0 N–H and O–H groups in total. The SMILES string of the molecule is C1=CC2=C3C=CC=CC3N(c3ccc4oc5ccccc5c4c3)C2C=C1. The average Bonchev–Trinajstić information content (AvgIpc) is 3.23. The van der Waals surface area contributed by atoms with Crippen LogP contribution in [0.3, 0.4) is 0 Å². The van der Waals surface area contributed by atoms with E-state index in [1.165, 1.54) is 27.6 Å². The van der Waals surface area contributed by atoms with Gasteiger partial charge in [0.2, 0.25) is 0 Å². The van der Waals surface area contributed by atoms with Gasteiger partial charge in [-0.15, -0.1) is 0 Å². The lowest BCUT2D eigenvalue weighted by Gasteiger charge is -2.32. The maximum Gasteiger partial charge on any atom is 0.135 e. The van der Waals surface area contributed by atoms with Crippen LogP contribution in [0.15, 0.2) is 107 Å². The second-order valence-corrected chi connectivity index (χ2v) is 6.97. The van der Waals surface area contributed by atoms with Crippen LogP contribution in [0.1, 0.15) is 0 Å². The molecule has 2 heterocycles. The molecule has 0 saturated carbocycles. The van der Waals surface area contributed by atoms with Gasteiger partial charge in [0.15, 0.2) is 0 Å². The molecule has 2 nitrogen and oxygen atoms in total. The van der Waals surface area contributed by atoms with Gasteiger partial charge in [0.25, 0.3) is 0 Å². The number of anilines is 1. The molecule has 2 heteroatoms. The quantitative estimate of drug-likeness (QED) is 0.568. The van der Waals surface area contributed by atoms with Crippen molar-refractivity contribution >= 4 is 27.6 Å². The molecule has 1 aliphatic heterocycles. The number of benzene rings is 2. The van der Waals surface area contributed by atoms with Crippen LogP contribution in [0.4, 0.5) is 5.69 Å². The molecular weight excluding hydrogens is 318 g/mol. The van der Waals surface area contributed by atoms with Crippen molar-refractivity contribution in [3.05, 3.63) is 102 Å². The van der Waals surface area contributed by atoms with Crippen LogP contribution < -0.4 is 4.90 Å². The van der Waals surface area contributed by atoms with Crippen LogP contribution in [0.2, 0.25) is 0 Å². The average molecular weight is 335 g/mol. The van der Waals surface area contributed by atoms with Gasteiger partial charge in [-0.1, -0.05) is 66.8 Å². The summed E-state index contributed by atoms with van der Waals surface area (Å²) < 4.78 is 6.00. The first-order chi connectivity index (χ1) is 12.9. The predicted molar refractivity (Wildman–Crippen MR) is 107 cm³/mol. The molecular formula is C24H17NO. The molecule has 0 radical (unpaired) electrons. The highest BCUT2D eigenvalue weighted by atomic mass is 16.3. The minimum Gasteiger partial charge on any atom is -0.456 e. The number of rotatable bonds is 1. The molecule has 1 aromatic heterocycles. The normalized spacial score (nSPS) is 23.3. The Bertz CT molecular complexity index is 1160. The standard InChI is InChI=1S/C24H17NO/c1-4-10-21-17(7-1)18-8-2-5-11-22(18)25(21)16-13-14-24-20(15-16)19-9-3-6-12-23(19)26-24/h1-15,21-22H. The van der Waals surface area contributed by atoms with E-state index in [1.54, 1.807) is 0 Å². The van der Waals surface area contributed by atoms with Gasteiger partial charge in [0.05, 0.1) is 12.1 Å². The molecule has 124 valence electrons. The third-order valence-electron chi connectivity index (χ3n) is 5.59. The molecule has 2 aromatic carbocycles. The predicted octanol–water partition coefficient (Wildman–Crippen LogP) is 5.69. The topological polar surface area (TPSA) is 16.4 Å². The molecule has 0 saturated heterocycles. The Morgan fingerprint density at radius 3 is 2.15 bits per heavy atom. The van der Waals surface area contributed by atoms with Crippen LogP contribution >= 0.6 is 0 Å². The van der Waals surface area contributed by atoms with E-state index < -0.39 is 0 Å². The Hall–Kier alpha value is -3.26. The molecule has 26 heavy (non-hydrogen) atoms. The van der Waals surface area contributed by atoms with Crippen LogP contribution in [0.25, 0.3) is 21.9 Å². The zero-order valence-electron chi connectivity index (χ0n) is 14.2. The van der Waals surface area contributed by atoms with Gasteiger partial charge >= 0.3 is 0 Å². The largest absolute Gasteiger partial charge is 0.456 e. The van der Waals surface area contributed by atoms with Crippen molar-refractivity contribution in [2.24, 2.45) is 0 Å². The monoisotopic (exact) mass is 335 g/mol. The summed E-state index contributed by atoms with van der Waals surface area (Å²) in [6, 6.07) is 15.4. The lowest BCUT2D eigenvalue weighted by Crippen LogP contribution is -2.37. The summed E-state index contributed by atoms with van der Waals surface area (Å²) in [5.74, 6) is 0. The second-order valence-electron chi connectivity index (χ2n) is 6.97. The maximum absolute atomic E-state index is 6.00. The van der Waals surface area contributed by atoms with Gasteiger partial charge in [-0.2, -0.15) is 0 Å². The van der Waals surface area contributed by atoms with Crippen LogP contribution in [-0.4, -0.2) is 12.1 Å². The summed E-state index contributed by atoms with van der Waals surface area (Å²) in [6.07, 6.45) is 17.7. The van der Waals surface area contributed by atoms with Gasteiger partial charge in [-0.25, -0.2) is 0 Å². The van der Waals surface area contributed by atoms with Crippen molar-refractivity contribution in [1.29, 1.82) is 0 Å². The van der Waals surface area contributed by atoms with E-state index in [-0.39, 0.29) is 12.1 Å². The number of para-hydroxylation sites is 1. The Morgan fingerprint density at radius 2 is 1.38 bits per heavy atom. The highest BCUT2D eigenvalue weighted by molar-refractivity contribution is 6.06. The summed E-state index contributed by atoms with van der Waals surface area (Å²) in [4.78, 5) is 2.51. The number of allylic oxidation sites excluding steroid dienone is 4. The number of fused-ring (bicyclic) bond motifs is 5. The third kappa shape index (κ3) is 1.81. The summed E-state index contributed by atoms with van der Waals surface area (Å²) in [6.45, 7) is 0. The lowest BCUT2D eigenvalue weighted by atomic mass is 9.96. The first-order valence-corrected chi connectivity index (χ1v) is 9.04. The molecule has 2 aliphatic carbocycles. The molecule has 3 aliphatic rings. The molecule has 2 unspecified atom stereocenters. The zero-order valence-corrected chi connectivity index (χ0v) is 14.2. The number of nitrogens with zero attached hydrogens (tertiary/aromatic N) is 1. The third-order valence-corrected chi connectivity index (χ3v) is 5.59. The van der Waals surface area contributed by atoms with Crippen molar-refractivity contribution in [3.8, 4) is 0 Å². The summed E-state index contributed by atoms with van der Waals surface area (Å²) in [5, 5.41) is 2.36. The van der Waals surface area contributed by atoms with E-state index in [1.807, 2.05) is 12.1 Å². The second kappa shape index (κ2) is 5.12. The smallest absolute Gasteiger partial charge is 0.135 e. The molecule has 2 atom stereocenters. The lowest BCUT2D eigenvalue weighted by molar-refractivity contribution is 0.668. The van der Waals surface area contributed by atoms with Gasteiger partial charge in [-0.05, 0) is 35.4 Å². The van der Waals surface area contributed by atoms with Gasteiger partial charge in [0, 0.05) is 16.5 Å². The minimum atomic E-state index is 0.281. The summed E-state index contributed by atoms with van der Waals surface area (Å²) in [5.41, 5.74) is 5.92.